The Balaban J connectivity index is 1.38. The lowest BCUT2D eigenvalue weighted by molar-refractivity contribution is -0.118. The normalized spacial score (nSPS) is 23.9. The van der Waals surface area contributed by atoms with Crippen LogP contribution in [0, 0.1) is 23.1 Å². The SMILES string of the molecule is CC1(C(CC(=O)Nc2cnc(C3CCOCC3)c(F)c2)C2CCC2)CC1. The third-order valence-corrected chi connectivity index (χ3v) is 6.82. The molecule has 2 saturated carbocycles. The average Bonchev–Trinajstić information content (AvgIpc) is 3.32. The molecule has 26 heavy (non-hydrogen) atoms. The number of anilines is 1. The molecule has 1 N–H and O–H groups in total. The molecule has 2 aliphatic carbocycles. The van der Waals surface area contributed by atoms with E-state index in [-0.39, 0.29) is 17.6 Å². The van der Waals surface area contributed by atoms with Crippen LogP contribution in [0.25, 0.3) is 0 Å². The molecule has 0 bridgehead atoms. The molecule has 1 aromatic heterocycles. The Morgan fingerprint density at radius 1 is 1.35 bits per heavy atom. The number of hydrogen-bond acceptors (Lipinski definition) is 3. The molecule has 0 spiro atoms. The van der Waals surface area contributed by atoms with Gasteiger partial charge in [0, 0.05) is 31.6 Å². The zero-order chi connectivity index (χ0) is 18.1. The zero-order valence-electron chi connectivity index (χ0n) is 15.6. The average molecular weight is 360 g/mol. The predicted octanol–water partition coefficient (Wildman–Crippen LogP) is 4.66. The van der Waals surface area contributed by atoms with Gasteiger partial charge in [-0.1, -0.05) is 26.2 Å². The van der Waals surface area contributed by atoms with Gasteiger partial charge in [0.2, 0.25) is 5.91 Å². The van der Waals surface area contributed by atoms with E-state index in [4.69, 9.17) is 4.74 Å². The number of aromatic nitrogens is 1. The van der Waals surface area contributed by atoms with Crippen molar-refractivity contribution in [3.63, 3.8) is 0 Å². The monoisotopic (exact) mass is 360 g/mol. The molecule has 1 amide bonds. The number of halogens is 1. The summed E-state index contributed by atoms with van der Waals surface area (Å²) >= 11 is 0. The summed E-state index contributed by atoms with van der Waals surface area (Å²) in [7, 11) is 0. The Morgan fingerprint density at radius 3 is 2.65 bits per heavy atom. The van der Waals surface area contributed by atoms with Crippen molar-refractivity contribution < 1.29 is 13.9 Å². The van der Waals surface area contributed by atoms with Crippen LogP contribution in [0.2, 0.25) is 0 Å². The lowest BCUT2D eigenvalue weighted by atomic mass is 9.68. The van der Waals surface area contributed by atoms with Crippen LogP contribution in [0.4, 0.5) is 10.1 Å². The molecule has 1 aromatic rings. The van der Waals surface area contributed by atoms with Crippen LogP contribution >= 0.6 is 0 Å². The first-order chi connectivity index (χ1) is 12.5. The summed E-state index contributed by atoms with van der Waals surface area (Å²) < 4.78 is 19.8. The third-order valence-electron chi connectivity index (χ3n) is 6.82. The smallest absolute Gasteiger partial charge is 0.224 e. The standard InChI is InChI=1S/C21H29FN2O2/c1-21(7-8-21)17(14-3-2-4-14)12-19(25)24-16-11-18(22)20(23-13-16)15-5-9-26-10-6-15/h11,13-15,17H,2-10,12H2,1H3,(H,24,25). The van der Waals surface area contributed by atoms with Crippen molar-refractivity contribution in [3.05, 3.63) is 23.8 Å². The second-order valence-corrected chi connectivity index (χ2v) is 8.68. The molecule has 0 aromatic carbocycles. The molecule has 2 heterocycles. The van der Waals surface area contributed by atoms with Crippen molar-refractivity contribution in [2.45, 2.75) is 64.2 Å². The molecule has 3 fully saturated rings. The fraction of sp³-hybridized carbons (Fsp3) is 0.714. The number of amides is 1. The van der Waals surface area contributed by atoms with Gasteiger partial charge in [0.15, 0.2) is 0 Å². The van der Waals surface area contributed by atoms with Crippen LogP contribution in [0.5, 0.6) is 0 Å². The van der Waals surface area contributed by atoms with Crippen molar-refractivity contribution in [2.24, 2.45) is 17.3 Å². The Kier molecular flexibility index (Phi) is 5.00. The molecule has 142 valence electrons. The maximum absolute atomic E-state index is 14.5. The van der Waals surface area contributed by atoms with Crippen molar-refractivity contribution in [1.82, 2.24) is 4.98 Å². The highest BCUT2D eigenvalue weighted by Gasteiger charge is 2.49. The lowest BCUT2D eigenvalue weighted by Crippen LogP contribution is -2.32. The molecule has 0 radical (unpaired) electrons. The molecular formula is C21H29FN2O2. The molecule has 4 rings (SSSR count). The summed E-state index contributed by atoms with van der Waals surface area (Å²) in [4.78, 5) is 16.9. The van der Waals surface area contributed by atoms with Gasteiger partial charge in [0.25, 0.3) is 0 Å². The number of ether oxygens (including phenoxy) is 1. The number of carbonyl (C=O) groups excluding carboxylic acids is 1. The number of hydrogen-bond donors (Lipinski definition) is 1. The van der Waals surface area contributed by atoms with E-state index in [1.54, 1.807) is 6.20 Å². The van der Waals surface area contributed by atoms with E-state index in [1.165, 1.54) is 38.2 Å². The van der Waals surface area contributed by atoms with Crippen LogP contribution in [0.15, 0.2) is 12.3 Å². The Labute approximate surface area is 154 Å². The first kappa shape index (κ1) is 17.9. The summed E-state index contributed by atoms with van der Waals surface area (Å²) in [6.45, 7) is 3.63. The quantitative estimate of drug-likeness (QED) is 0.803. The van der Waals surface area contributed by atoms with Crippen molar-refractivity contribution >= 4 is 11.6 Å². The Hall–Kier alpha value is -1.49. The second-order valence-electron chi connectivity index (χ2n) is 8.68. The summed E-state index contributed by atoms with van der Waals surface area (Å²) in [6.07, 6.45) is 10.0. The summed E-state index contributed by atoms with van der Waals surface area (Å²) in [5.74, 6) is 0.954. The van der Waals surface area contributed by atoms with E-state index >= 15 is 0 Å². The minimum Gasteiger partial charge on any atom is -0.381 e. The van der Waals surface area contributed by atoms with Gasteiger partial charge in [0.05, 0.1) is 17.6 Å². The van der Waals surface area contributed by atoms with Gasteiger partial charge in [-0.05, 0) is 42.9 Å². The van der Waals surface area contributed by atoms with Crippen molar-refractivity contribution in [2.75, 3.05) is 18.5 Å². The lowest BCUT2D eigenvalue weighted by Gasteiger charge is -2.37. The van der Waals surface area contributed by atoms with E-state index in [2.05, 4.69) is 17.2 Å². The maximum Gasteiger partial charge on any atom is 0.224 e. The summed E-state index contributed by atoms with van der Waals surface area (Å²) in [6, 6.07) is 1.42. The molecule has 4 nitrogen and oxygen atoms in total. The first-order valence-electron chi connectivity index (χ1n) is 10.1. The summed E-state index contributed by atoms with van der Waals surface area (Å²) in [5.41, 5.74) is 1.32. The fourth-order valence-corrected chi connectivity index (χ4v) is 4.59. The maximum atomic E-state index is 14.5. The van der Waals surface area contributed by atoms with Gasteiger partial charge < -0.3 is 10.1 Å². The van der Waals surface area contributed by atoms with Gasteiger partial charge in [-0.3, -0.25) is 9.78 Å². The van der Waals surface area contributed by atoms with Crippen LogP contribution in [-0.4, -0.2) is 24.1 Å². The number of rotatable bonds is 6. The van der Waals surface area contributed by atoms with E-state index in [9.17, 15) is 9.18 Å². The number of pyridine rings is 1. The minimum absolute atomic E-state index is 0.00459. The van der Waals surface area contributed by atoms with Crippen LogP contribution < -0.4 is 5.32 Å². The fourth-order valence-electron chi connectivity index (χ4n) is 4.59. The molecular weight excluding hydrogens is 331 g/mol. The van der Waals surface area contributed by atoms with Gasteiger partial charge in [-0.2, -0.15) is 0 Å². The number of carbonyl (C=O) groups is 1. The van der Waals surface area contributed by atoms with Crippen LogP contribution in [0.3, 0.4) is 0 Å². The molecule has 5 heteroatoms. The minimum atomic E-state index is -0.320. The topological polar surface area (TPSA) is 51.2 Å². The van der Waals surface area contributed by atoms with Crippen molar-refractivity contribution in [3.8, 4) is 0 Å². The van der Waals surface area contributed by atoms with Gasteiger partial charge in [-0.25, -0.2) is 4.39 Å². The van der Waals surface area contributed by atoms with Gasteiger partial charge in [-0.15, -0.1) is 0 Å². The highest BCUT2D eigenvalue weighted by Crippen LogP contribution is 2.58. The van der Waals surface area contributed by atoms with Crippen LogP contribution in [0.1, 0.15) is 69.9 Å². The molecule has 3 aliphatic rings. The molecule has 1 unspecified atom stereocenters. The van der Waals surface area contributed by atoms with E-state index < -0.39 is 0 Å². The van der Waals surface area contributed by atoms with E-state index in [0.717, 1.165) is 12.8 Å². The van der Waals surface area contributed by atoms with E-state index in [0.29, 0.717) is 48.3 Å². The van der Waals surface area contributed by atoms with Gasteiger partial charge in [0.1, 0.15) is 5.82 Å². The van der Waals surface area contributed by atoms with Crippen molar-refractivity contribution in [1.29, 1.82) is 0 Å². The van der Waals surface area contributed by atoms with Gasteiger partial charge >= 0.3 is 0 Å². The first-order valence-corrected chi connectivity index (χ1v) is 10.1. The largest absolute Gasteiger partial charge is 0.381 e. The van der Waals surface area contributed by atoms with E-state index in [1.807, 2.05) is 0 Å². The number of nitrogens with one attached hydrogen (secondary N) is 1. The zero-order valence-corrected chi connectivity index (χ0v) is 15.6. The second kappa shape index (κ2) is 7.26. The molecule has 1 saturated heterocycles. The van der Waals surface area contributed by atoms with Crippen LogP contribution in [-0.2, 0) is 9.53 Å². The Morgan fingerprint density at radius 2 is 2.08 bits per heavy atom. The third kappa shape index (κ3) is 3.78. The predicted molar refractivity (Wildman–Crippen MR) is 98.4 cm³/mol. The highest BCUT2D eigenvalue weighted by molar-refractivity contribution is 5.90. The number of nitrogens with zero attached hydrogens (tertiary/aromatic N) is 1. The molecule has 1 aliphatic heterocycles. The molecule has 1 atom stereocenters. The highest BCUT2D eigenvalue weighted by atomic mass is 19.1. The summed E-state index contributed by atoms with van der Waals surface area (Å²) in [5, 5.41) is 2.88. The Bertz CT molecular complexity index is 664.